The highest BCUT2D eigenvalue weighted by atomic mass is 15.2. The Morgan fingerprint density at radius 1 is 0.459 bits per heavy atom. The van der Waals surface area contributed by atoms with Crippen LogP contribution in [0.4, 0.5) is 0 Å². The molecule has 1 N–H and O–H groups in total. The van der Waals surface area contributed by atoms with Crippen molar-refractivity contribution in [3.05, 3.63) is 138 Å². The lowest BCUT2D eigenvalue weighted by molar-refractivity contribution is 0.225. The lowest BCUT2D eigenvalue weighted by Crippen LogP contribution is -2.27. The average molecular weight is 491 g/mol. The van der Waals surface area contributed by atoms with Gasteiger partial charge >= 0.3 is 0 Å². The molecule has 0 amide bonds. The lowest BCUT2D eigenvalue weighted by atomic mass is 10.2. The Morgan fingerprint density at radius 2 is 0.865 bits per heavy atom. The van der Waals surface area contributed by atoms with Crippen molar-refractivity contribution in [1.29, 1.82) is 0 Å². The van der Waals surface area contributed by atoms with Gasteiger partial charge in [0.25, 0.3) is 0 Å². The Kier molecular flexibility index (Phi) is 8.33. The summed E-state index contributed by atoms with van der Waals surface area (Å²) < 4.78 is 0. The van der Waals surface area contributed by atoms with E-state index < -0.39 is 0 Å². The molecule has 0 fully saturated rings. The molecule has 0 aliphatic rings. The molecule has 0 bridgehead atoms. The second kappa shape index (κ2) is 12.6. The molecule has 0 aliphatic heterocycles. The Hall–Kier alpha value is -4.27. The highest BCUT2D eigenvalue weighted by molar-refractivity contribution is 5.14. The summed E-state index contributed by atoms with van der Waals surface area (Å²) in [5.74, 6) is 0. The fourth-order valence-electron chi connectivity index (χ4n) is 4.28. The van der Waals surface area contributed by atoms with Crippen molar-refractivity contribution in [1.82, 2.24) is 39.7 Å². The molecule has 0 aliphatic carbocycles. The number of aromatic nitrogens is 6. The molecule has 5 aromatic rings. The predicted octanol–water partition coefficient (Wildman–Crippen LogP) is 4.39. The number of hydrogen-bond donors (Lipinski definition) is 1. The van der Waals surface area contributed by atoms with Crippen molar-refractivity contribution in [2.24, 2.45) is 0 Å². The van der Waals surface area contributed by atoms with Gasteiger partial charge in [0.15, 0.2) is 0 Å². The van der Waals surface area contributed by atoms with Crippen molar-refractivity contribution in [2.75, 3.05) is 0 Å². The quantitative estimate of drug-likeness (QED) is 0.277. The summed E-state index contributed by atoms with van der Waals surface area (Å²) in [5.41, 5.74) is 6.17. The highest BCUT2D eigenvalue weighted by Crippen LogP contribution is 2.17. The minimum absolute atomic E-state index is 0.674. The van der Waals surface area contributed by atoms with E-state index in [9.17, 15) is 0 Å². The van der Waals surface area contributed by atoms with Crippen LogP contribution in [0.15, 0.2) is 104 Å². The van der Waals surface area contributed by atoms with Crippen molar-refractivity contribution in [2.45, 2.75) is 39.3 Å². The first-order valence-corrected chi connectivity index (χ1v) is 12.4. The van der Waals surface area contributed by atoms with Crippen LogP contribution >= 0.6 is 0 Å². The maximum atomic E-state index is 4.71. The van der Waals surface area contributed by atoms with Crippen molar-refractivity contribution < 1.29 is 0 Å². The summed E-state index contributed by atoms with van der Waals surface area (Å²) in [6.07, 6.45) is 9.12. The van der Waals surface area contributed by atoms with Crippen LogP contribution < -0.4 is 0 Å². The summed E-state index contributed by atoms with van der Waals surface area (Å²) in [6.45, 7) is 4.20. The fraction of sp³-hybridized carbons (Fsp3) is 0.207. The summed E-state index contributed by atoms with van der Waals surface area (Å²) in [6, 6.07) is 24.1. The monoisotopic (exact) mass is 490 g/mol. The molecule has 0 radical (unpaired) electrons. The van der Waals surface area contributed by atoms with Crippen LogP contribution in [0.3, 0.4) is 0 Å². The first-order valence-electron chi connectivity index (χ1n) is 12.4. The van der Waals surface area contributed by atoms with Crippen LogP contribution in [-0.2, 0) is 39.3 Å². The molecule has 37 heavy (non-hydrogen) atoms. The van der Waals surface area contributed by atoms with Gasteiger partial charge in [0.05, 0.1) is 40.5 Å². The number of nitrogens with one attached hydrogen (secondary N) is 1. The molecule has 5 aromatic heterocycles. The lowest BCUT2D eigenvalue weighted by Gasteiger charge is -2.24. The summed E-state index contributed by atoms with van der Waals surface area (Å²) >= 11 is 0. The third-order valence-electron chi connectivity index (χ3n) is 6.01. The van der Waals surface area contributed by atoms with Crippen LogP contribution in [0.1, 0.15) is 34.2 Å². The first-order chi connectivity index (χ1) is 18.3. The van der Waals surface area contributed by atoms with Crippen LogP contribution in [0.5, 0.6) is 0 Å². The molecule has 5 rings (SSSR count). The minimum atomic E-state index is 0.674. The molecular formula is C29H30N8. The SMILES string of the molecule is c1ccc(CN(Cc2ccccn2)Cc2nc[nH]c2CN(Cc2ccccn2)Cc2ccccn2)nc1. The number of imidazole rings is 1. The van der Waals surface area contributed by atoms with Crippen LogP contribution in [-0.4, -0.2) is 39.7 Å². The van der Waals surface area contributed by atoms with Gasteiger partial charge in [-0.15, -0.1) is 0 Å². The molecule has 8 heteroatoms. The Balaban J connectivity index is 1.35. The van der Waals surface area contributed by atoms with E-state index in [2.05, 4.69) is 59.0 Å². The van der Waals surface area contributed by atoms with E-state index in [0.717, 1.165) is 34.2 Å². The molecule has 0 saturated carbocycles. The summed E-state index contributed by atoms with van der Waals surface area (Å²) in [5, 5.41) is 0. The molecule has 0 saturated heterocycles. The topological polar surface area (TPSA) is 86.7 Å². The standard InChI is InChI=1S/C29H30N8/c1-5-13-30-24(9-1)17-36(18-25-10-2-6-14-31-25)21-28-29(35-23-34-28)22-37(19-26-11-3-7-15-32-26)20-27-12-4-8-16-33-27/h1-16,23H,17-22H2,(H,34,35). The number of pyridine rings is 4. The zero-order valence-corrected chi connectivity index (χ0v) is 20.7. The molecule has 186 valence electrons. The van der Waals surface area contributed by atoms with Crippen LogP contribution in [0.2, 0.25) is 0 Å². The summed E-state index contributed by atoms with van der Waals surface area (Å²) in [7, 11) is 0. The van der Waals surface area contributed by atoms with E-state index in [1.54, 1.807) is 6.33 Å². The summed E-state index contributed by atoms with van der Waals surface area (Å²) in [4.78, 5) is 30.9. The van der Waals surface area contributed by atoms with Gasteiger partial charge in [0.2, 0.25) is 0 Å². The van der Waals surface area contributed by atoms with Crippen molar-refractivity contribution in [3.8, 4) is 0 Å². The third kappa shape index (κ3) is 7.36. The normalized spacial score (nSPS) is 11.3. The van der Waals surface area contributed by atoms with Gasteiger partial charge in [-0.2, -0.15) is 0 Å². The average Bonchev–Trinajstić information content (AvgIpc) is 3.37. The number of aromatic amines is 1. The van der Waals surface area contributed by atoms with Crippen LogP contribution in [0.25, 0.3) is 0 Å². The maximum Gasteiger partial charge on any atom is 0.0926 e. The smallest absolute Gasteiger partial charge is 0.0926 e. The van der Waals surface area contributed by atoms with Crippen molar-refractivity contribution in [3.63, 3.8) is 0 Å². The number of nitrogens with zero attached hydrogens (tertiary/aromatic N) is 7. The first kappa shape index (κ1) is 24.4. The molecule has 0 spiro atoms. The molecule has 0 atom stereocenters. The highest BCUT2D eigenvalue weighted by Gasteiger charge is 2.17. The largest absolute Gasteiger partial charge is 0.347 e. The van der Waals surface area contributed by atoms with Gasteiger partial charge in [0, 0.05) is 64.1 Å². The van der Waals surface area contributed by atoms with E-state index >= 15 is 0 Å². The number of hydrogen-bond acceptors (Lipinski definition) is 7. The number of H-pyrrole nitrogens is 1. The Bertz CT molecular complexity index is 1140. The minimum Gasteiger partial charge on any atom is -0.347 e. The zero-order chi connectivity index (χ0) is 25.1. The van der Waals surface area contributed by atoms with Gasteiger partial charge < -0.3 is 4.98 Å². The zero-order valence-electron chi connectivity index (χ0n) is 20.7. The third-order valence-corrected chi connectivity index (χ3v) is 6.01. The molecule has 5 heterocycles. The van der Waals surface area contributed by atoms with E-state index in [0.29, 0.717) is 39.3 Å². The maximum absolute atomic E-state index is 4.71. The Morgan fingerprint density at radius 3 is 1.24 bits per heavy atom. The number of rotatable bonds is 12. The second-order valence-corrected chi connectivity index (χ2v) is 8.90. The molecule has 0 unspecified atom stereocenters. The van der Waals surface area contributed by atoms with Crippen molar-refractivity contribution >= 4 is 0 Å². The van der Waals surface area contributed by atoms with Gasteiger partial charge in [0.1, 0.15) is 0 Å². The Labute approximate surface area is 217 Å². The van der Waals surface area contributed by atoms with Gasteiger partial charge in [-0.3, -0.25) is 29.7 Å². The fourth-order valence-corrected chi connectivity index (χ4v) is 4.28. The predicted molar refractivity (Wildman–Crippen MR) is 141 cm³/mol. The molecular weight excluding hydrogens is 460 g/mol. The van der Waals surface area contributed by atoms with E-state index in [1.807, 2.05) is 73.3 Å². The second-order valence-electron chi connectivity index (χ2n) is 8.90. The van der Waals surface area contributed by atoms with E-state index in [-0.39, 0.29) is 0 Å². The van der Waals surface area contributed by atoms with E-state index in [4.69, 9.17) is 4.98 Å². The molecule has 0 aromatic carbocycles. The van der Waals surface area contributed by atoms with Gasteiger partial charge in [-0.05, 0) is 48.5 Å². The van der Waals surface area contributed by atoms with E-state index in [1.165, 1.54) is 0 Å². The van der Waals surface area contributed by atoms with Crippen LogP contribution in [0, 0.1) is 0 Å². The van der Waals surface area contributed by atoms with Gasteiger partial charge in [-0.25, -0.2) is 4.98 Å². The molecule has 8 nitrogen and oxygen atoms in total. The van der Waals surface area contributed by atoms with Gasteiger partial charge in [-0.1, -0.05) is 24.3 Å².